The van der Waals surface area contributed by atoms with Gasteiger partial charge in [0.05, 0.1) is 11.9 Å². The maximum absolute atomic E-state index is 3.90. The molecule has 0 fully saturated rings. The van der Waals surface area contributed by atoms with Gasteiger partial charge in [-0.05, 0) is 6.07 Å². The lowest BCUT2D eigenvalue weighted by atomic mass is 10.3. The number of aromatic amines is 1. The molecule has 2 rings (SSSR count). The Morgan fingerprint density at radius 1 is 1.55 bits per heavy atom. The van der Waals surface area contributed by atoms with Crippen LogP contribution in [0.15, 0.2) is 18.5 Å². The zero-order valence-electron chi connectivity index (χ0n) is 6.02. The van der Waals surface area contributed by atoms with Crippen LogP contribution >= 0.6 is 0 Å². The summed E-state index contributed by atoms with van der Waals surface area (Å²) in [6.45, 7) is 0. The number of H-pyrrole nitrogens is 1. The van der Waals surface area contributed by atoms with Crippen LogP contribution in [-0.4, -0.2) is 25.2 Å². The number of nitrogens with zero attached hydrogens (tertiary/aromatic N) is 4. The molecule has 0 radical (unpaired) electrons. The molecule has 0 saturated carbocycles. The van der Waals surface area contributed by atoms with Crippen molar-refractivity contribution in [1.82, 2.24) is 25.2 Å². The van der Waals surface area contributed by atoms with Crippen LogP contribution in [-0.2, 0) is 7.05 Å². The van der Waals surface area contributed by atoms with Crippen LogP contribution in [0.2, 0.25) is 0 Å². The maximum atomic E-state index is 3.90. The fourth-order valence-electron chi connectivity index (χ4n) is 0.869. The Morgan fingerprint density at radius 3 is 3.00 bits per heavy atom. The minimum atomic E-state index is 0.810. The summed E-state index contributed by atoms with van der Waals surface area (Å²) in [5.74, 6) is 0. The van der Waals surface area contributed by atoms with Gasteiger partial charge in [-0.1, -0.05) is 5.21 Å². The molecular weight excluding hydrogens is 142 g/mol. The van der Waals surface area contributed by atoms with Crippen molar-refractivity contribution in [2.45, 2.75) is 0 Å². The molecule has 0 bridgehead atoms. The molecule has 0 amide bonds. The van der Waals surface area contributed by atoms with Crippen molar-refractivity contribution < 1.29 is 0 Å². The SMILES string of the molecule is Cn1cc(-c2ccn[nH]2)nn1. The summed E-state index contributed by atoms with van der Waals surface area (Å²) >= 11 is 0. The van der Waals surface area contributed by atoms with E-state index in [9.17, 15) is 0 Å². The Bertz CT molecular complexity index is 333. The van der Waals surface area contributed by atoms with E-state index in [1.807, 2.05) is 19.3 Å². The molecule has 2 aromatic rings. The van der Waals surface area contributed by atoms with Gasteiger partial charge < -0.3 is 0 Å². The fraction of sp³-hybridized carbons (Fsp3) is 0.167. The van der Waals surface area contributed by atoms with Crippen LogP contribution in [0.1, 0.15) is 0 Å². The first kappa shape index (κ1) is 6.09. The van der Waals surface area contributed by atoms with Crippen LogP contribution in [0.4, 0.5) is 0 Å². The zero-order chi connectivity index (χ0) is 7.68. The third kappa shape index (κ3) is 1.000. The van der Waals surface area contributed by atoms with Gasteiger partial charge in [-0.25, -0.2) is 0 Å². The molecule has 56 valence electrons. The Labute approximate surface area is 63.0 Å². The summed E-state index contributed by atoms with van der Waals surface area (Å²) in [5, 5.41) is 14.3. The number of aromatic nitrogens is 5. The standard InChI is InChI=1S/C6H7N5/c1-11-4-6(9-10-11)5-2-3-7-8-5/h2-4H,1H3,(H,7,8). The summed E-state index contributed by atoms with van der Waals surface area (Å²) in [6.07, 6.45) is 3.51. The molecule has 0 aliphatic rings. The molecular formula is C6H7N5. The predicted octanol–water partition coefficient (Wildman–Crippen LogP) is 0.205. The molecule has 0 unspecified atom stereocenters. The summed E-state index contributed by atoms with van der Waals surface area (Å²) in [4.78, 5) is 0. The second-order valence-electron chi connectivity index (χ2n) is 2.25. The number of rotatable bonds is 1. The largest absolute Gasteiger partial charge is 0.276 e. The third-order valence-corrected chi connectivity index (χ3v) is 1.38. The van der Waals surface area contributed by atoms with Crippen molar-refractivity contribution in [2.75, 3.05) is 0 Å². The van der Waals surface area contributed by atoms with Crippen molar-refractivity contribution in [2.24, 2.45) is 7.05 Å². The van der Waals surface area contributed by atoms with Crippen LogP contribution < -0.4 is 0 Å². The molecule has 0 spiro atoms. The average molecular weight is 149 g/mol. The van der Waals surface area contributed by atoms with Gasteiger partial charge >= 0.3 is 0 Å². The molecule has 2 aromatic heterocycles. The van der Waals surface area contributed by atoms with E-state index >= 15 is 0 Å². The Hall–Kier alpha value is -1.65. The lowest BCUT2D eigenvalue weighted by Crippen LogP contribution is -1.85. The molecule has 0 aliphatic carbocycles. The van der Waals surface area contributed by atoms with Crippen molar-refractivity contribution in [3.8, 4) is 11.4 Å². The minimum Gasteiger partial charge on any atom is -0.276 e. The van der Waals surface area contributed by atoms with E-state index in [-0.39, 0.29) is 0 Å². The average Bonchev–Trinajstić information content (AvgIpc) is 2.55. The van der Waals surface area contributed by atoms with Gasteiger partial charge in [0.2, 0.25) is 0 Å². The Kier molecular flexibility index (Phi) is 1.21. The normalized spacial score (nSPS) is 10.3. The van der Waals surface area contributed by atoms with E-state index in [4.69, 9.17) is 0 Å². The fourth-order valence-corrected chi connectivity index (χ4v) is 0.869. The number of nitrogens with one attached hydrogen (secondary N) is 1. The highest BCUT2D eigenvalue weighted by Gasteiger charge is 2.01. The molecule has 0 aliphatic heterocycles. The first-order valence-electron chi connectivity index (χ1n) is 3.22. The van der Waals surface area contributed by atoms with Gasteiger partial charge in [0.1, 0.15) is 5.69 Å². The molecule has 0 aromatic carbocycles. The second kappa shape index (κ2) is 2.19. The Morgan fingerprint density at radius 2 is 2.45 bits per heavy atom. The number of aryl methyl sites for hydroxylation is 1. The monoisotopic (exact) mass is 149 g/mol. The summed E-state index contributed by atoms with van der Waals surface area (Å²) in [6, 6.07) is 1.85. The van der Waals surface area contributed by atoms with E-state index in [1.165, 1.54) is 0 Å². The zero-order valence-corrected chi connectivity index (χ0v) is 6.02. The summed E-state index contributed by atoms with van der Waals surface area (Å²) in [5.41, 5.74) is 1.70. The maximum Gasteiger partial charge on any atom is 0.130 e. The lowest BCUT2D eigenvalue weighted by Gasteiger charge is -1.83. The van der Waals surface area contributed by atoms with Crippen molar-refractivity contribution in [1.29, 1.82) is 0 Å². The minimum absolute atomic E-state index is 0.810. The molecule has 5 heteroatoms. The van der Waals surface area contributed by atoms with E-state index in [1.54, 1.807) is 10.9 Å². The van der Waals surface area contributed by atoms with Gasteiger partial charge in [0.25, 0.3) is 0 Å². The molecule has 11 heavy (non-hydrogen) atoms. The van der Waals surface area contributed by atoms with E-state index in [0.717, 1.165) is 11.4 Å². The predicted molar refractivity (Wildman–Crippen MR) is 38.6 cm³/mol. The first-order valence-corrected chi connectivity index (χ1v) is 3.22. The lowest BCUT2D eigenvalue weighted by molar-refractivity contribution is 0.715. The van der Waals surface area contributed by atoms with Crippen LogP contribution in [0, 0.1) is 0 Å². The van der Waals surface area contributed by atoms with Gasteiger partial charge in [-0.15, -0.1) is 5.10 Å². The van der Waals surface area contributed by atoms with Crippen LogP contribution in [0.3, 0.4) is 0 Å². The quantitative estimate of drug-likeness (QED) is 0.630. The summed E-state index contributed by atoms with van der Waals surface area (Å²) < 4.78 is 1.65. The van der Waals surface area contributed by atoms with Crippen molar-refractivity contribution in [3.05, 3.63) is 18.5 Å². The van der Waals surface area contributed by atoms with Crippen LogP contribution in [0.25, 0.3) is 11.4 Å². The second-order valence-corrected chi connectivity index (χ2v) is 2.25. The topological polar surface area (TPSA) is 59.4 Å². The first-order chi connectivity index (χ1) is 5.36. The molecule has 2 heterocycles. The summed E-state index contributed by atoms with van der Waals surface area (Å²) in [7, 11) is 1.83. The smallest absolute Gasteiger partial charge is 0.130 e. The molecule has 0 atom stereocenters. The van der Waals surface area contributed by atoms with E-state index in [2.05, 4.69) is 20.5 Å². The van der Waals surface area contributed by atoms with Gasteiger partial charge in [-0.3, -0.25) is 9.78 Å². The Balaban J connectivity index is 2.45. The van der Waals surface area contributed by atoms with E-state index in [0.29, 0.717) is 0 Å². The number of hydrogen-bond donors (Lipinski definition) is 1. The highest BCUT2D eigenvalue weighted by molar-refractivity contribution is 5.50. The van der Waals surface area contributed by atoms with Crippen LogP contribution in [0.5, 0.6) is 0 Å². The number of hydrogen-bond acceptors (Lipinski definition) is 3. The van der Waals surface area contributed by atoms with E-state index < -0.39 is 0 Å². The highest BCUT2D eigenvalue weighted by Crippen LogP contribution is 2.09. The molecule has 1 N–H and O–H groups in total. The van der Waals surface area contributed by atoms with Gasteiger partial charge in [-0.2, -0.15) is 5.10 Å². The van der Waals surface area contributed by atoms with Crippen molar-refractivity contribution >= 4 is 0 Å². The third-order valence-electron chi connectivity index (χ3n) is 1.38. The van der Waals surface area contributed by atoms with Gasteiger partial charge in [0, 0.05) is 13.2 Å². The molecule has 0 saturated heterocycles. The van der Waals surface area contributed by atoms with Gasteiger partial charge in [0.15, 0.2) is 0 Å². The highest BCUT2D eigenvalue weighted by atomic mass is 15.4. The molecule has 5 nitrogen and oxygen atoms in total. The van der Waals surface area contributed by atoms with Crippen molar-refractivity contribution in [3.63, 3.8) is 0 Å².